The van der Waals surface area contributed by atoms with Crippen LogP contribution < -0.4 is 20.3 Å². The van der Waals surface area contributed by atoms with Crippen molar-refractivity contribution < 1.29 is 18.3 Å². The van der Waals surface area contributed by atoms with E-state index in [1.807, 2.05) is 30.3 Å². The SMILES string of the molecule is C=CC(=O)Nc1cc(Nc2ncc(-c3ccc(F)cc3F)c(-c3cn(C4CC4)c4ccccc34)n2)c(OC)cc1N1CC2CN(C)CC2C1. The van der Waals surface area contributed by atoms with E-state index in [9.17, 15) is 9.18 Å². The molecule has 8 rings (SSSR count). The third-order valence-corrected chi connectivity index (χ3v) is 9.96. The molecule has 2 aliphatic heterocycles. The lowest BCUT2D eigenvalue weighted by atomic mass is 10.00. The Morgan fingerprint density at radius 2 is 1.76 bits per heavy atom. The summed E-state index contributed by atoms with van der Waals surface area (Å²) in [7, 11) is 3.75. The molecule has 2 atom stereocenters. The van der Waals surface area contributed by atoms with Gasteiger partial charge < -0.3 is 29.7 Å². The minimum atomic E-state index is -0.700. The number of hydrogen-bond donors (Lipinski definition) is 2. The molecule has 1 aliphatic carbocycles. The van der Waals surface area contributed by atoms with Gasteiger partial charge in [-0.1, -0.05) is 24.8 Å². The molecule has 3 aliphatic rings. The van der Waals surface area contributed by atoms with Crippen LogP contribution in [0.15, 0.2) is 79.6 Å². The van der Waals surface area contributed by atoms with Gasteiger partial charge in [0.1, 0.15) is 17.4 Å². The van der Waals surface area contributed by atoms with Gasteiger partial charge in [-0.25, -0.2) is 18.7 Å². The van der Waals surface area contributed by atoms with Crippen LogP contribution in [0.2, 0.25) is 0 Å². The molecule has 49 heavy (non-hydrogen) atoms. The van der Waals surface area contributed by atoms with Crippen LogP contribution in [-0.4, -0.2) is 65.7 Å². The minimum Gasteiger partial charge on any atom is -0.494 e. The highest BCUT2D eigenvalue weighted by Crippen LogP contribution is 2.45. The first kappa shape index (κ1) is 31.0. The molecule has 4 heterocycles. The Bertz CT molecular complexity index is 2100. The molecular weight excluding hydrogens is 624 g/mol. The van der Waals surface area contributed by atoms with Gasteiger partial charge in [0.25, 0.3) is 0 Å². The maximum absolute atomic E-state index is 15.3. The van der Waals surface area contributed by atoms with Crippen LogP contribution in [0.1, 0.15) is 18.9 Å². The highest BCUT2D eigenvalue weighted by Gasteiger charge is 2.39. The zero-order chi connectivity index (χ0) is 33.8. The molecule has 0 bridgehead atoms. The number of halogens is 2. The third-order valence-electron chi connectivity index (χ3n) is 9.96. The molecule has 2 N–H and O–H groups in total. The number of ether oxygens (including phenoxy) is 1. The summed E-state index contributed by atoms with van der Waals surface area (Å²) in [4.78, 5) is 26.9. The maximum Gasteiger partial charge on any atom is 0.247 e. The fraction of sp³-hybridized carbons (Fsp3) is 0.289. The molecular formula is C38H37F2N7O2. The van der Waals surface area contributed by atoms with Crippen molar-refractivity contribution in [2.75, 3.05) is 55.9 Å². The fourth-order valence-corrected chi connectivity index (χ4v) is 7.53. The van der Waals surface area contributed by atoms with Gasteiger partial charge in [-0.15, -0.1) is 0 Å². The summed E-state index contributed by atoms with van der Waals surface area (Å²) in [6.07, 6.45) is 7.05. The molecule has 1 amide bonds. The lowest BCUT2D eigenvalue weighted by Gasteiger charge is -2.26. The van der Waals surface area contributed by atoms with Gasteiger partial charge in [0.05, 0.1) is 29.9 Å². The Labute approximate surface area is 283 Å². The Balaban J connectivity index is 1.22. The van der Waals surface area contributed by atoms with E-state index in [4.69, 9.17) is 9.72 Å². The number of anilines is 4. The predicted octanol–water partition coefficient (Wildman–Crippen LogP) is 7.25. The molecule has 250 valence electrons. The molecule has 3 aromatic carbocycles. The number of benzene rings is 3. The van der Waals surface area contributed by atoms with Gasteiger partial charge in [-0.05, 0) is 62.1 Å². The highest BCUT2D eigenvalue weighted by molar-refractivity contribution is 6.02. The number of methoxy groups -OCH3 is 1. The first-order valence-electron chi connectivity index (χ1n) is 16.6. The Hall–Kier alpha value is -5.29. The lowest BCUT2D eigenvalue weighted by Crippen LogP contribution is -2.27. The van der Waals surface area contributed by atoms with E-state index in [0.717, 1.165) is 67.2 Å². The second kappa shape index (κ2) is 12.3. The maximum atomic E-state index is 15.3. The zero-order valence-corrected chi connectivity index (χ0v) is 27.4. The molecule has 1 saturated carbocycles. The molecule has 11 heteroatoms. The van der Waals surface area contributed by atoms with Crippen molar-refractivity contribution in [2.24, 2.45) is 11.8 Å². The normalized spacial score (nSPS) is 18.9. The van der Waals surface area contributed by atoms with Crippen molar-refractivity contribution in [3.05, 3.63) is 91.3 Å². The predicted molar refractivity (Wildman–Crippen MR) is 188 cm³/mol. The number of carbonyl (C=O) groups is 1. The van der Waals surface area contributed by atoms with Gasteiger partial charge in [0.2, 0.25) is 11.9 Å². The average molecular weight is 662 g/mol. The summed E-state index contributed by atoms with van der Waals surface area (Å²) in [5.74, 6) is 0.214. The second-order valence-electron chi connectivity index (χ2n) is 13.3. The standard InChI is InChI=1S/C38H37F2N7O2/c1-4-36(48)42-31-14-32(35(49-3)15-34(31)46-19-22-17-45(2)18-23(22)20-46)43-38-41-16-28(26-12-9-24(39)13-30(26)40)37(44-38)29-21-47(25-10-11-25)33-8-6-5-7-27(29)33/h4-9,12-16,21-23,25H,1,10-11,17-20H2,2-3H3,(H,42,48)(H,41,43,44). The number of para-hydroxylation sites is 1. The molecule has 2 aromatic heterocycles. The number of hydrogen-bond acceptors (Lipinski definition) is 7. The number of nitrogens with zero attached hydrogens (tertiary/aromatic N) is 5. The summed E-state index contributed by atoms with van der Waals surface area (Å²) >= 11 is 0. The van der Waals surface area contributed by atoms with E-state index in [0.29, 0.717) is 46.3 Å². The zero-order valence-electron chi connectivity index (χ0n) is 27.4. The van der Waals surface area contributed by atoms with E-state index in [1.165, 1.54) is 18.2 Å². The highest BCUT2D eigenvalue weighted by atomic mass is 19.1. The van der Waals surface area contributed by atoms with Crippen LogP contribution in [0.5, 0.6) is 5.75 Å². The summed E-state index contributed by atoms with van der Waals surface area (Å²) in [6.45, 7) is 7.49. The van der Waals surface area contributed by atoms with E-state index in [1.54, 1.807) is 13.3 Å². The first-order chi connectivity index (χ1) is 23.8. The van der Waals surface area contributed by atoms with Crippen molar-refractivity contribution in [3.8, 4) is 28.1 Å². The number of aromatic nitrogens is 3. The van der Waals surface area contributed by atoms with Gasteiger partial charge >= 0.3 is 0 Å². The van der Waals surface area contributed by atoms with Crippen molar-refractivity contribution in [1.82, 2.24) is 19.4 Å². The second-order valence-corrected chi connectivity index (χ2v) is 13.3. The largest absolute Gasteiger partial charge is 0.494 e. The summed E-state index contributed by atoms with van der Waals surface area (Å²) in [5.41, 5.74) is 5.04. The van der Waals surface area contributed by atoms with E-state index < -0.39 is 11.6 Å². The van der Waals surface area contributed by atoms with Crippen LogP contribution in [0, 0.1) is 23.5 Å². The Morgan fingerprint density at radius 1 is 0.980 bits per heavy atom. The first-order valence-corrected chi connectivity index (χ1v) is 16.6. The Kier molecular flexibility index (Phi) is 7.79. The van der Waals surface area contributed by atoms with Crippen molar-refractivity contribution >= 4 is 39.8 Å². The van der Waals surface area contributed by atoms with Crippen LogP contribution in [0.3, 0.4) is 0 Å². The number of carbonyl (C=O) groups excluding carboxylic acids is 1. The minimum absolute atomic E-state index is 0.198. The van der Waals surface area contributed by atoms with E-state index >= 15 is 4.39 Å². The summed E-state index contributed by atoms with van der Waals surface area (Å²) in [5, 5.41) is 7.27. The number of nitrogens with one attached hydrogen (secondary N) is 2. The molecule has 5 aromatic rings. The number of fused-ring (bicyclic) bond motifs is 2. The van der Waals surface area contributed by atoms with Gasteiger partial charge in [-0.2, -0.15) is 0 Å². The molecule has 0 radical (unpaired) electrons. The lowest BCUT2D eigenvalue weighted by molar-refractivity contribution is -0.111. The molecule has 0 spiro atoms. The Morgan fingerprint density at radius 3 is 2.47 bits per heavy atom. The van der Waals surface area contributed by atoms with E-state index in [2.05, 4.69) is 55.9 Å². The molecule has 2 unspecified atom stereocenters. The number of likely N-dealkylation sites (tertiary alicyclic amines) is 1. The number of amides is 1. The van der Waals surface area contributed by atoms with Gasteiger partial charge in [-0.3, -0.25) is 4.79 Å². The van der Waals surface area contributed by atoms with Crippen LogP contribution >= 0.6 is 0 Å². The monoisotopic (exact) mass is 661 g/mol. The van der Waals surface area contributed by atoms with Crippen LogP contribution in [-0.2, 0) is 4.79 Å². The van der Waals surface area contributed by atoms with Crippen molar-refractivity contribution in [3.63, 3.8) is 0 Å². The summed E-state index contributed by atoms with van der Waals surface area (Å²) in [6, 6.07) is 15.8. The quantitative estimate of drug-likeness (QED) is 0.161. The fourth-order valence-electron chi connectivity index (χ4n) is 7.53. The molecule has 9 nitrogen and oxygen atoms in total. The van der Waals surface area contributed by atoms with E-state index in [-0.39, 0.29) is 17.4 Å². The summed E-state index contributed by atoms with van der Waals surface area (Å²) < 4.78 is 37.4. The molecule has 3 fully saturated rings. The topological polar surface area (TPSA) is 87.5 Å². The van der Waals surface area contributed by atoms with Gasteiger partial charge in [0, 0.05) is 84.3 Å². The molecule has 2 saturated heterocycles. The third kappa shape index (κ3) is 5.78. The average Bonchev–Trinajstić information content (AvgIpc) is 3.62. The van der Waals surface area contributed by atoms with Crippen LogP contribution in [0.25, 0.3) is 33.3 Å². The smallest absolute Gasteiger partial charge is 0.247 e. The van der Waals surface area contributed by atoms with Crippen LogP contribution in [0.4, 0.5) is 31.8 Å². The van der Waals surface area contributed by atoms with Gasteiger partial charge in [0.15, 0.2) is 0 Å². The number of rotatable bonds is 9. The van der Waals surface area contributed by atoms with Crippen molar-refractivity contribution in [1.29, 1.82) is 0 Å². The van der Waals surface area contributed by atoms with Crippen molar-refractivity contribution in [2.45, 2.75) is 18.9 Å².